The van der Waals surface area contributed by atoms with Crippen molar-refractivity contribution in [1.29, 1.82) is 0 Å². The first kappa shape index (κ1) is 15.4. The first-order valence-corrected chi connectivity index (χ1v) is 6.56. The third kappa shape index (κ3) is 5.22. The van der Waals surface area contributed by atoms with Crippen molar-refractivity contribution in [2.45, 2.75) is 27.3 Å². The van der Waals surface area contributed by atoms with Gasteiger partial charge in [-0.1, -0.05) is 19.6 Å². The number of esters is 1. The predicted octanol–water partition coefficient (Wildman–Crippen LogP) is 2.33. The van der Waals surface area contributed by atoms with E-state index < -0.39 is 0 Å². The normalized spacial score (nSPS) is 10.5. The maximum Gasteiger partial charge on any atom is 0.334 e. The van der Waals surface area contributed by atoms with Gasteiger partial charge in [-0.25, -0.2) is 4.79 Å². The number of rotatable bonds is 7. The van der Waals surface area contributed by atoms with Crippen LogP contribution in [0.5, 0.6) is 0 Å². The third-order valence-electron chi connectivity index (χ3n) is 2.76. The van der Waals surface area contributed by atoms with Crippen LogP contribution in [0.15, 0.2) is 30.4 Å². The molecule has 0 aromatic carbocycles. The SMILES string of the molecule is C=C(CN(CC)Cc1cccc(C)n1)C(=O)OCC. The molecule has 0 saturated heterocycles. The zero-order valence-electron chi connectivity index (χ0n) is 12.0. The highest BCUT2D eigenvalue weighted by Gasteiger charge is 2.13. The highest BCUT2D eigenvalue weighted by Crippen LogP contribution is 2.06. The van der Waals surface area contributed by atoms with Crippen LogP contribution >= 0.6 is 0 Å². The minimum Gasteiger partial charge on any atom is -0.463 e. The second-order valence-electron chi connectivity index (χ2n) is 4.40. The van der Waals surface area contributed by atoms with E-state index in [-0.39, 0.29) is 5.97 Å². The molecule has 0 N–H and O–H groups in total. The number of hydrogen-bond donors (Lipinski definition) is 0. The van der Waals surface area contributed by atoms with Gasteiger partial charge in [0.15, 0.2) is 0 Å². The van der Waals surface area contributed by atoms with E-state index in [1.165, 1.54) is 0 Å². The molecular weight excluding hydrogens is 240 g/mol. The largest absolute Gasteiger partial charge is 0.463 e. The average Bonchev–Trinajstić information content (AvgIpc) is 2.38. The van der Waals surface area contributed by atoms with Gasteiger partial charge in [-0.2, -0.15) is 0 Å². The lowest BCUT2D eigenvalue weighted by Gasteiger charge is -2.20. The number of carbonyl (C=O) groups excluding carboxylic acids is 1. The van der Waals surface area contributed by atoms with Crippen LogP contribution in [0.4, 0.5) is 0 Å². The Labute approximate surface area is 115 Å². The smallest absolute Gasteiger partial charge is 0.334 e. The van der Waals surface area contributed by atoms with E-state index in [1.54, 1.807) is 6.92 Å². The lowest BCUT2D eigenvalue weighted by atomic mass is 10.2. The van der Waals surface area contributed by atoms with E-state index in [9.17, 15) is 4.79 Å². The summed E-state index contributed by atoms with van der Waals surface area (Å²) in [7, 11) is 0. The van der Waals surface area contributed by atoms with Gasteiger partial charge < -0.3 is 4.74 Å². The van der Waals surface area contributed by atoms with Crippen LogP contribution in [-0.4, -0.2) is 35.5 Å². The molecule has 0 radical (unpaired) electrons. The topological polar surface area (TPSA) is 42.4 Å². The zero-order chi connectivity index (χ0) is 14.3. The van der Waals surface area contributed by atoms with Crippen LogP contribution in [-0.2, 0) is 16.1 Å². The average molecular weight is 262 g/mol. The summed E-state index contributed by atoms with van der Waals surface area (Å²) >= 11 is 0. The number of ether oxygens (including phenoxy) is 1. The van der Waals surface area contributed by atoms with Crippen LogP contribution in [0.25, 0.3) is 0 Å². The minimum absolute atomic E-state index is 0.321. The Hall–Kier alpha value is -1.68. The molecule has 0 aliphatic heterocycles. The summed E-state index contributed by atoms with van der Waals surface area (Å²) in [5, 5.41) is 0. The quantitative estimate of drug-likeness (QED) is 0.559. The molecule has 0 saturated carbocycles. The van der Waals surface area contributed by atoms with Crippen molar-refractivity contribution in [2.24, 2.45) is 0 Å². The first-order valence-electron chi connectivity index (χ1n) is 6.56. The summed E-state index contributed by atoms with van der Waals surface area (Å²) in [5.74, 6) is -0.321. The fourth-order valence-corrected chi connectivity index (χ4v) is 1.76. The van der Waals surface area contributed by atoms with E-state index in [0.29, 0.717) is 25.3 Å². The molecule has 4 heteroatoms. The lowest BCUT2D eigenvalue weighted by Crippen LogP contribution is -2.28. The molecule has 0 aliphatic rings. The van der Waals surface area contributed by atoms with E-state index in [4.69, 9.17) is 4.74 Å². The van der Waals surface area contributed by atoms with E-state index in [1.807, 2.05) is 32.0 Å². The Kier molecular flexibility index (Phi) is 6.22. The van der Waals surface area contributed by atoms with Crippen molar-refractivity contribution < 1.29 is 9.53 Å². The third-order valence-corrected chi connectivity index (χ3v) is 2.76. The number of hydrogen-bond acceptors (Lipinski definition) is 4. The summed E-state index contributed by atoms with van der Waals surface area (Å²) in [6.07, 6.45) is 0. The maximum atomic E-state index is 11.5. The van der Waals surface area contributed by atoms with E-state index in [0.717, 1.165) is 17.9 Å². The molecule has 1 aromatic heterocycles. The van der Waals surface area contributed by atoms with Gasteiger partial charge in [0.05, 0.1) is 12.3 Å². The predicted molar refractivity (Wildman–Crippen MR) is 75.7 cm³/mol. The lowest BCUT2D eigenvalue weighted by molar-refractivity contribution is -0.138. The highest BCUT2D eigenvalue weighted by molar-refractivity contribution is 5.88. The summed E-state index contributed by atoms with van der Waals surface area (Å²) < 4.78 is 4.94. The second kappa shape index (κ2) is 7.69. The summed E-state index contributed by atoms with van der Waals surface area (Å²) in [4.78, 5) is 18.1. The number of aromatic nitrogens is 1. The van der Waals surface area contributed by atoms with Gasteiger partial charge in [0, 0.05) is 24.4 Å². The fourth-order valence-electron chi connectivity index (χ4n) is 1.76. The van der Waals surface area contributed by atoms with Crippen molar-refractivity contribution in [3.8, 4) is 0 Å². The van der Waals surface area contributed by atoms with Gasteiger partial charge in [-0.15, -0.1) is 0 Å². The molecule has 4 nitrogen and oxygen atoms in total. The van der Waals surface area contributed by atoms with Gasteiger partial charge >= 0.3 is 5.97 Å². The first-order chi connectivity index (χ1) is 9.06. The van der Waals surface area contributed by atoms with E-state index in [2.05, 4.69) is 16.5 Å². The Balaban J connectivity index is 2.59. The molecule has 0 fully saturated rings. The van der Waals surface area contributed by atoms with Crippen LogP contribution < -0.4 is 0 Å². The fraction of sp³-hybridized carbons (Fsp3) is 0.467. The molecule has 1 rings (SSSR count). The summed E-state index contributed by atoms with van der Waals surface area (Å²) in [5.41, 5.74) is 2.48. The Morgan fingerprint density at radius 3 is 2.74 bits per heavy atom. The van der Waals surface area contributed by atoms with Crippen LogP contribution in [0.3, 0.4) is 0 Å². The molecule has 1 heterocycles. The van der Waals surface area contributed by atoms with Crippen molar-refractivity contribution in [3.63, 3.8) is 0 Å². The van der Waals surface area contributed by atoms with Gasteiger partial charge in [-0.3, -0.25) is 9.88 Å². The van der Waals surface area contributed by atoms with E-state index >= 15 is 0 Å². The molecule has 1 aromatic rings. The Morgan fingerprint density at radius 2 is 2.16 bits per heavy atom. The number of pyridine rings is 1. The molecular formula is C15H22N2O2. The molecule has 0 unspecified atom stereocenters. The minimum atomic E-state index is -0.321. The standard InChI is InChI=1S/C15H22N2O2/c1-5-17(10-12(3)15(18)19-6-2)11-14-9-7-8-13(4)16-14/h7-9H,3,5-6,10-11H2,1-2,4H3. The van der Waals surface area contributed by atoms with Crippen LogP contribution in [0.1, 0.15) is 25.2 Å². The second-order valence-corrected chi connectivity index (χ2v) is 4.40. The summed E-state index contributed by atoms with van der Waals surface area (Å²) in [6, 6.07) is 5.95. The Morgan fingerprint density at radius 1 is 1.42 bits per heavy atom. The number of likely N-dealkylation sites (N-methyl/N-ethyl adjacent to an activating group) is 1. The van der Waals surface area contributed by atoms with Gasteiger partial charge in [0.1, 0.15) is 0 Å². The molecule has 0 spiro atoms. The highest BCUT2D eigenvalue weighted by atomic mass is 16.5. The van der Waals surface area contributed by atoms with Crippen molar-refractivity contribution in [2.75, 3.05) is 19.7 Å². The van der Waals surface area contributed by atoms with Crippen molar-refractivity contribution in [3.05, 3.63) is 41.7 Å². The maximum absolute atomic E-state index is 11.5. The van der Waals surface area contributed by atoms with Crippen molar-refractivity contribution in [1.82, 2.24) is 9.88 Å². The summed E-state index contributed by atoms with van der Waals surface area (Å²) in [6.45, 7) is 12.0. The molecule has 104 valence electrons. The van der Waals surface area contributed by atoms with Crippen LogP contribution in [0, 0.1) is 6.92 Å². The van der Waals surface area contributed by atoms with Gasteiger partial charge in [0.2, 0.25) is 0 Å². The zero-order valence-corrected chi connectivity index (χ0v) is 12.0. The van der Waals surface area contributed by atoms with Gasteiger partial charge in [0.25, 0.3) is 0 Å². The molecule has 0 amide bonds. The molecule has 19 heavy (non-hydrogen) atoms. The number of nitrogens with zero attached hydrogens (tertiary/aromatic N) is 2. The molecule has 0 atom stereocenters. The Bertz CT molecular complexity index is 444. The van der Waals surface area contributed by atoms with Crippen LogP contribution in [0.2, 0.25) is 0 Å². The van der Waals surface area contributed by atoms with Crippen molar-refractivity contribution >= 4 is 5.97 Å². The molecule has 0 aliphatic carbocycles. The number of aryl methyl sites for hydroxylation is 1. The monoisotopic (exact) mass is 262 g/mol. The van der Waals surface area contributed by atoms with Gasteiger partial charge in [-0.05, 0) is 32.5 Å². The number of carbonyl (C=O) groups is 1. The molecule has 0 bridgehead atoms.